The Balaban J connectivity index is 2.49. The van der Waals surface area contributed by atoms with Crippen molar-refractivity contribution in [2.24, 2.45) is 0 Å². The van der Waals surface area contributed by atoms with Gasteiger partial charge in [0.15, 0.2) is 5.89 Å². The Morgan fingerprint density at radius 2 is 2.17 bits per heavy atom. The van der Waals surface area contributed by atoms with E-state index in [0.717, 1.165) is 0 Å². The number of nitrogens with zero attached hydrogens (tertiary/aromatic N) is 1. The smallest absolute Gasteiger partial charge is 0.311 e. The third kappa shape index (κ3) is 2.40. The van der Waals surface area contributed by atoms with Crippen molar-refractivity contribution in [1.29, 1.82) is 0 Å². The number of hydrogen-bond acceptors (Lipinski definition) is 3. The maximum Gasteiger partial charge on any atom is 0.311 e. The molecule has 0 aliphatic carbocycles. The minimum absolute atomic E-state index is 0.243. The molecule has 0 unspecified atom stereocenters. The van der Waals surface area contributed by atoms with E-state index in [1.54, 1.807) is 26.0 Å². The predicted octanol–water partition coefficient (Wildman–Crippen LogP) is 2.72. The highest BCUT2D eigenvalue weighted by atomic mass is 19.1. The SMILES string of the molecule is Cc1nc(-c2ccc(F)c(C)c2)c(CC(=O)O)o1. The van der Waals surface area contributed by atoms with Gasteiger partial charge in [-0.2, -0.15) is 0 Å². The molecule has 4 nitrogen and oxygen atoms in total. The molecular formula is C13H12FNO3. The van der Waals surface area contributed by atoms with Crippen LogP contribution in [-0.4, -0.2) is 16.1 Å². The standard InChI is InChI=1S/C13H12FNO3/c1-7-5-9(3-4-10(7)14)13-11(6-12(16)17)18-8(2)15-13/h3-5H,6H2,1-2H3,(H,16,17). The largest absolute Gasteiger partial charge is 0.481 e. The number of carboxylic acid groups (broad SMARTS) is 1. The topological polar surface area (TPSA) is 63.3 Å². The normalized spacial score (nSPS) is 10.6. The van der Waals surface area contributed by atoms with E-state index in [2.05, 4.69) is 4.98 Å². The van der Waals surface area contributed by atoms with Gasteiger partial charge in [-0.15, -0.1) is 0 Å². The molecule has 0 aliphatic heterocycles. The summed E-state index contributed by atoms with van der Waals surface area (Å²) in [6, 6.07) is 4.52. The molecule has 1 heterocycles. The van der Waals surface area contributed by atoms with Gasteiger partial charge in [0.2, 0.25) is 0 Å². The zero-order chi connectivity index (χ0) is 13.3. The highest BCUT2D eigenvalue weighted by Crippen LogP contribution is 2.26. The average molecular weight is 249 g/mol. The molecule has 0 atom stereocenters. The molecule has 0 saturated heterocycles. The molecule has 0 saturated carbocycles. The van der Waals surface area contributed by atoms with Crippen LogP contribution in [0, 0.1) is 19.7 Å². The van der Waals surface area contributed by atoms with Crippen molar-refractivity contribution in [1.82, 2.24) is 4.98 Å². The van der Waals surface area contributed by atoms with E-state index in [4.69, 9.17) is 9.52 Å². The van der Waals surface area contributed by atoms with Crippen molar-refractivity contribution in [2.75, 3.05) is 0 Å². The minimum Gasteiger partial charge on any atom is -0.481 e. The lowest BCUT2D eigenvalue weighted by atomic mass is 10.1. The van der Waals surface area contributed by atoms with E-state index in [9.17, 15) is 9.18 Å². The number of benzene rings is 1. The van der Waals surface area contributed by atoms with Crippen molar-refractivity contribution in [3.8, 4) is 11.3 Å². The summed E-state index contributed by atoms with van der Waals surface area (Å²) in [6.07, 6.45) is -0.243. The van der Waals surface area contributed by atoms with Gasteiger partial charge in [0.05, 0.1) is 0 Å². The highest BCUT2D eigenvalue weighted by molar-refractivity contribution is 5.73. The van der Waals surface area contributed by atoms with Crippen LogP contribution in [0.15, 0.2) is 22.6 Å². The summed E-state index contributed by atoms with van der Waals surface area (Å²) < 4.78 is 18.5. The van der Waals surface area contributed by atoms with Crippen molar-refractivity contribution in [2.45, 2.75) is 20.3 Å². The van der Waals surface area contributed by atoms with Crippen LogP contribution in [0.3, 0.4) is 0 Å². The summed E-state index contributed by atoms with van der Waals surface area (Å²) in [6.45, 7) is 3.29. The van der Waals surface area contributed by atoms with Gasteiger partial charge in [-0.05, 0) is 30.7 Å². The monoisotopic (exact) mass is 249 g/mol. The van der Waals surface area contributed by atoms with Crippen LogP contribution in [0.4, 0.5) is 4.39 Å². The first-order valence-corrected chi connectivity index (χ1v) is 5.42. The molecule has 0 bridgehead atoms. The fraction of sp³-hybridized carbons (Fsp3) is 0.231. The van der Waals surface area contributed by atoms with Gasteiger partial charge in [0.1, 0.15) is 23.7 Å². The van der Waals surface area contributed by atoms with Crippen LogP contribution in [0.25, 0.3) is 11.3 Å². The summed E-state index contributed by atoms with van der Waals surface area (Å²) >= 11 is 0. The Hall–Kier alpha value is -2.17. The van der Waals surface area contributed by atoms with Gasteiger partial charge in [0.25, 0.3) is 0 Å². The first-order valence-electron chi connectivity index (χ1n) is 5.42. The van der Waals surface area contributed by atoms with Gasteiger partial charge < -0.3 is 9.52 Å². The molecule has 0 spiro atoms. The third-order valence-corrected chi connectivity index (χ3v) is 2.55. The van der Waals surface area contributed by atoms with E-state index in [1.807, 2.05) is 0 Å². The van der Waals surface area contributed by atoms with Gasteiger partial charge in [-0.25, -0.2) is 9.37 Å². The van der Waals surface area contributed by atoms with E-state index < -0.39 is 5.97 Å². The van der Waals surface area contributed by atoms with E-state index in [-0.39, 0.29) is 18.0 Å². The molecule has 2 aromatic rings. The summed E-state index contributed by atoms with van der Waals surface area (Å²) in [5.41, 5.74) is 1.59. The molecule has 2 rings (SSSR count). The van der Waals surface area contributed by atoms with Crippen LogP contribution in [0.2, 0.25) is 0 Å². The molecule has 0 amide bonds. The molecule has 0 fully saturated rings. The van der Waals surface area contributed by atoms with E-state index in [0.29, 0.717) is 22.7 Å². The summed E-state index contributed by atoms with van der Waals surface area (Å²) in [7, 11) is 0. The molecule has 1 aromatic carbocycles. The number of carbonyl (C=O) groups is 1. The molecule has 0 radical (unpaired) electrons. The molecule has 0 aliphatic rings. The van der Waals surface area contributed by atoms with Crippen molar-refractivity contribution >= 4 is 5.97 Å². The minimum atomic E-state index is -0.994. The zero-order valence-electron chi connectivity index (χ0n) is 10.0. The van der Waals surface area contributed by atoms with Crippen molar-refractivity contribution in [3.05, 3.63) is 41.2 Å². The summed E-state index contributed by atoms with van der Waals surface area (Å²) in [5, 5.41) is 8.80. The zero-order valence-corrected chi connectivity index (χ0v) is 10.0. The molecule has 1 N–H and O–H groups in total. The number of aliphatic carboxylic acids is 1. The van der Waals surface area contributed by atoms with Crippen LogP contribution in [0.1, 0.15) is 17.2 Å². The number of aryl methyl sites for hydroxylation is 2. The number of carboxylic acids is 1. The van der Waals surface area contributed by atoms with Crippen LogP contribution in [-0.2, 0) is 11.2 Å². The lowest BCUT2D eigenvalue weighted by Gasteiger charge is -2.01. The van der Waals surface area contributed by atoms with Gasteiger partial charge in [-0.3, -0.25) is 4.79 Å². The van der Waals surface area contributed by atoms with E-state index in [1.165, 1.54) is 6.07 Å². The number of hydrogen-bond donors (Lipinski definition) is 1. The van der Waals surface area contributed by atoms with Gasteiger partial charge in [0, 0.05) is 12.5 Å². The molecule has 94 valence electrons. The second-order valence-electron chi connectivity index (χ2n) is 4.04. The second kappa shape index (κ2) is 4.60. The molecule has 18 heavy (non-hydrogen) atoms. The van der Waals surface area contributed by atoms with Crippen molar-refractivity contribution in [3.63, 3.8) is 0 Å². The average Bonchev–Trinajstić information content (AvgIpc) is 2.62. The van der Waals surface area contributed by atoms with Crippen LogP contribution in [0.5, 0.6) is 0 Å². The lowest BCUT2D eigenvalue weighted by Crippen LogP contribution is -2.00. The Morgan fingerprint density at radius 3 is 2.78 bits per heavy atom. The lowest BCUT2D eigenvalue weighted by molar-refractivity contribution is -0.136. The first kappa shape index (κ1) is 12.3. The van der Waals surface area contributed by atoms with Crippen LogP contribution < -0.4 is 0 Å². The number of rotatable bonds is 3. The number of oxazole rings is 1. The van der Waals surface area contributed by atoms with Crippen molar-refractivity contribution < 1.29 is 18.7 Å². The third-order valence-electron chi connectivity index (χ3n) is 2.55. The Morgan fingerprint density at radius 1 is 1.44 bits per heavy atom. The maximum absolute atomic E-state index is 13.2. The number of halogens is 1. The fourth-order valence-electron chi connectivity index (χ4n) is 1.74. The fourth-order valence-corrected chi connectivity index (χ4v) is 1.74. The van der Waals surface area contributed by atoms with Gasteiger partial charge in [-0.1, -0.05) is 0 Å². The molecule has 1 aromatic heterocycles. The Kier molecular flexibility index (Phi) is 3.14. The maximum atomic E-state index is 13.2. The molecular weight excluding hydrogens is 237 g/mol. The first-order chi connectivity index (χ1) is 8.47. The number of aromatic nitrogens is 1. The van der Waals surface area contributed by atoms with E-state index >= 15 is 0 Å². The predicted molar refractivity (Wildman–Crippen MR) is 62.7 cm³/mol. The van der Waals surface area contributed by atoms with Gasteiger partial charge >= 0.3 is 5.97 Å². The Bertz CT molecular complexity index is 604. The second-order valence-corrected chi connectivity index (χ2v) is 4.04. The van der Waals surface area contributed by atoms with Crippen LogP contribution >= 0.6 is 0 Å². The quantitative estimate of drug-likeness (QED) is 0.908. The summed E-state index contributed by atoms with van der Waals surface area (Å²) in [4.78, 5) is 14.9. The Labute approximate surface area is 103 Å². The molecule has 5 heteroatoms. The summed E-state index contributed by atoms with van der Waals surface area (Å²) in [5.74, 6) is -0.626. The highest BCUT2D eigenvalue weighted by Gasteiger charge is 2.16.